The third-order valence-electron chi connectivity index (χ3n) is 5.72. The zero-order valence-corrected chi connectivity index (χ0v) is 19.6. The maximum atomic E-state index is 12.9. The van der Waals surface area contributed by atoms with Crippen molar-refractivity contribution >= 4 is 40.7 Å². The molecule has 162 valence electrons. The fourth-order valence-corrected chi connectivity index (χ4v) is 4.94. The van der Waals surface area contributed by atoms with Gasteiger partial charge in [-0.25, -0.2) is 4.68 Å². The van der Waals surface area contributed by atoms with Crippen LogP contribution in [0.2, 0.25) is 15.1 Å². The van der Waals surface area contributed by atoms with E-state index in [0.29, 0.717) is 22.3 Å². The van der Waals surface area contributed by atoms with Crippen LogP contribution in [0.15, 0.2) is 42.5 Å². The van der Waals surface area contributed by atoms with Crippen molar-refractivity contribution in [2.75, 3.05) is 6.54 Å². The number of fused-ring (bicyclic) bond motifs is 1. The minimum Gasteiger partial charge on any atom is -0.351 e. The minimum absolute atomic E-state index is 0.144. The molecule has 4 nitrogen and oxygen atoms in total. The lowest BCUT2D eigenvalue weighted by Crippen LogP contribution is -2.24. The highest BCUT2D eigenvalue weighted by molar-refractivity contribution is 6.35. The van der Waals surface area contributed by atoms with Gasteiger partial charge in [0.25, 0.3) is 5.91 Å². The number of benzene rings is 2. The molecule has 1 N–H and O–H groups in total. The van der Waals surface area contributed by atoms with E-state index in [0.717, 1.165) is 54.1 Å². The molecule has 1 aliphatic carbocycles. The largest absolute Gasteiger partial charge is 0.351 e. The number of carbonyl (C=O) groups is 1. The molecular weight excluding hydrogens is 453 g/mol. The van der Waals surface area contributed by atoms with E-state index < -0.39 is 0 Å². The molecule has 1 atom stereocenters. The number of hydrogen-bond acceptors (Lipinski definition) is 2. The van der Waals surface area contributed by atoms with Crippen molar-refractivity contribution in [2.45, 2.75) is 44.9 Å². The summed E-state index contributed by atoms with van der Waals surface area (Å²) in [4.78, 5) is 12.9. The fraction of sp³-hybridized carbons (Fsp3) is 0.333. The summed E-state index contributed by atoms with van der Waals surface area (Å²) >= 11 is 18.8. The molecule has 0 spiro atoms. The van der Waals surface area contributed by atoms with E-state index in [1.54, 1.807) is 12.1 Å². The molecule has 1 amide bonds. The average Bonchev–Trinajstić information content (AvgIpc) is 2.99. The first kappa shape index (κ1) is 22.2. The standard InChI is InChI=1S/C24H24Cl3N3O/c1-2-28-24(31)22-19-6-4-3-5-16(13-15-7-9-17(25)10-8-15)23(19)30(29-22)21-12-11-18(26)14-20(21)27/h7-12,14,16H,2-6,13H2,1H3,(H,28,31). The van der Waals surface area contributed by atoms with Gasteiger partial charge in [0.15, 0.2) is 5.69 Å². The first-order valence-electron chi connectivity index (χ1n) is 10.6. The fourth-order valence-electron chi connectivity index (χ4n) is 4.33. The molecule has 1 aliphatic rings. The summed E-state index contributed by atoms with van der Waals surface area (Å²) in [5.41, 5.74) is 4.52. The van der Waals surface area contributed by atoms with Crippen molar-refractivity contribution < 1.29 is 4.79 Å². The van der Waals surface area contributed by atoms with Crippen molar-refractivity contribution in [3.63, 3.8) is 0 Å². The van der Waals surface area contributed by atoms with E-state index in [1.165, 1.54) is 5.56 Å². The summed E-state index contributed by atoms with van der Waals surface area (Å²) in [6.07, 6.45) is 4.80. The van der Waals surface area contributed by atoms with Crippen molar-refractivity contribution in [1.82, 2.24) is 15.1 Å². The number of nitrogens with zero attached hydrogens (tertiary/aromatic N) is 2. The second kappa shape index (κ2) is 9.64. The number of hydrogen-bond donors (Lipinski definition) is 1. The Hall–Kier alpha value is -2.01. The van der Waals surface area contributed by atoms with Crippen molar-refractivity contribution in [1.29, 1.82) is 0 Å². The van der Waals surface area contributed by atoms with Crippen LogP contribution in [0.25, 0.3) is 5.69 Å². The van der Waals surface area contributed by atoms with Crippen molar-refractivity contribution in [3.05, 3.63) is 80.0 Å². The molecular formula is C24H24Cl3N3O. The van der Waals surface area contributed by atoms with Crippen LogP contribution >= 0.6 is 34.8 Å². The summed E-state index contributed by atoms with van der Waals surface area (Å²) in [7, 11) is 0. The van der Waals surface area contributed by atoms with Crippen molar-refractivity contribution in [2.24, 2.45) is 0 Å². The van der Waals surface area contributed by atoms with Gasteiger partial charge in [0, 0.05) is 28.1 Å². The van der Waals surface area contributed by atoms with E-state index in [2.05, 4.69) is 17.4 Å². The molecule has 31 heavy (non-hydrogen) atoms. The van der Waals surface area contributed by atoms with E-state index in [4.69, 9.17) is 39.9 Å². The Balaban J connectivity index is 1.86. The predicted octanol–water partition coefficient (Wildman–Crippen LogP) is 6.63. The Bertz CT molecular complexity index is 1090. The van der Waals surface area contributed by atoms with Crippen LogP contribution < -0.4 is 5.32 Å². The van der Waals surface area contributed by atoms with Gasteiger partial charge in [-0.1, -0.05) is 53.4 Å². The van der Waals surface area contributed by atoms with Crippen LogP contribution in [-0.4, -0.2) is 22.2 Å². The van der Waals surface area contributed by atoms with Crippen LogP contribution in [-0.2, 0) is 12.8 Å². The third kappa shape index (κ3) is 4.77. The molecule has 0 saturated heterocycles. The van der Waals surface area contributed by atoms with Gasteiger partial charge in [0.05, 0.1) is 16.4 Å². The lowest BCUT2D eigenvalue weighted by Gasteiger charge is -2.19. The Kier molecular flexibility index (Phi) is 6.90. The number of nitrogens with one attached hydrogen (secondary N) is 1. The highest BCUT2D eigenvalue weighted by Crippen LogP contribution is 2.38. The molecule has 1 aromatic heterocycles. The summed E-state index contributed by atoms with van der Waals surface area (Å²) in [5, 5.41) is 9.48. The maximum Gasteiger partial charge on any atom is 0.272 e. The summed E-state index contributed by atoms with van der Waals surface area (Å²) < 4.78 is 1.87. The molecule has 1 unspecified atom stereocenters. The minimum atomic E-state index is -0.144. The molecule has 0 bridgehead atoms. The molecule has 3 aromatic rings. The van der Waals surface area contributed by atoms with Gasteiger partial charge in [-0.15, -0.1) is 0 Å². The Morgan fingerprint density at radius 1 is 1.10 bits per heavy atom. The highest BCUT2D eigenvalue weighted by Gasteiger charge is 2.30. The normalized spacial score (nSPS) is 15.9. The predicted molar refractivity (Wildman–Crippen MR) is 127 cm³/mol. The highest BCUT2D eigenvalue weighted by atomic mass is 35.5. The molecule has 1 heterocycles. The topological polar surface area (TPSA) is 46.9 Å². The Morgan fingerprint density at radius 3 is 2.55 bits per heavy atom. The monoisotopic (exact) mass is 475 g/mol. The van der Waals surface area contributed by atoms with Crippen LogP contribution in [0.4, 0.5) is 0 Å². The van der Waals surface area contributed by atoms with Crippen LogP contribution in [0, 0.1) is 0 Å². The first-order chi connectivity index (χ1) is 15.0. The molecule has 0 radical (unpaired) electrons. The number of carbonyl (C=O) groups excluding carboxylic acids is 1. The second-order valence-corrected chi connectivity index (χ2v) is 9.13. The third-order valence-corrected chi connectivity index (χ3v) is 6.51. The van der Waals surface area contributed by atoms with Gasteiger partial charge in [-0.05, 0) is 68.5 Å². The molecule has 0 aliphatic heterocycles. The van der Waals surface area contributed by atoms with Gasteiger partial charge in [-0.2, -0.15) is 5.10 Å². The van der Waals surface area contributed by atoms with Crippen molar-refractivity contribution in [3.8, 4) is 5.69 Å². The number of aromatic nitrogens is 2. The molecule has 2 aromatic carbocycles. The summed E-state index contributed by atoms with van der Waals surface area (Å²) in [6.45, 7) is 2.46. The molecule has 7 heteroatoms. The van der Waals surface area contributed by atoms with Gasteiger partial charge in [0.2, 0.25) is 0 Å². The quantitative estimate of drug-likeness (QED) is 0.420. The van der Waals surface area contributed by atoms with E-state index >= 15 is 0 Å². The lowest BCUT2D eigenvalue weighted by molar-refractivity contribution is 0.0949. The maximum absolute atomic E-state index is 12.9. The average molecular weight is 477 g/mol. The molecule has 4 rings (SSSR count). The number of halogens is 3. The number of amides is 1. The number of rotatable bonds is 5. The van der Waals surface area contributed by atoms with Gasteiger partial charge < -0.3 is 5.32 Å². The Morgan fingerprint density at radius 2 is 1.84 bits per heavy atom. The van der Waals surface area contributed by atoms with Crippen LogP contribution in [0.1, 0.15) is 59.4 Å². The van der Waals surface area contributed by atoms with E-state index in [9.17, 15) is 4.79 Å². The first-order valence-corrected chi connectivity index (χ1v) is 11.7. The second-order valence-electron chi connectivity index (χ2n) is 7.85. The zero-order chi connectivity index (χ0) is 22.0. The molecule has 0 fully saturated rings. The van der Waals surface area contributed by atoms with Gasteiger partial charge >= 0.3 is 0 Å². The van der Waals surface area contributed by atoms with Crippen LogP contribution in [0.3, 0.4) is 0 Å². The van der Waals surface area contributed by atoms with Gasteiger partial charge in [0.1, 0.15) is 0 Å². The summed E-state index contributed by atoms with van der Waals surface area (Å²) in [5.74, 6) is 0.0656. The SMILES string of the molecule is CCNC(=O)c1nn(-c2ccc(Cl)cc2Cl)c2c1CCCCC2Cc1ccc(Cl)cc1. The van der Waals surface area contributed by atoms with Gasteiger partial charge in [-0.3, -0.25) is 4.79 Å². The molecule has 0 saturated carbocycles. The zero-order valence-electron chi connectivity index (χ0n) is 17.3. The Labute approximate surface area is 197 Å². The van der Waals surface area contributed by atoms with E-state index in [-0.39, 0.29) is 11.8 Å². The van der Waals surface area contributed by atoms with Crippen LogP contribution in [0.5, 0.6) is 0 Å². The van der Waals surface area contributed by atoms with E-state index in [1.807, 2.05) is 29.8 Å². The summed E-state index contributed by atoms with van der Waals surface area (Å²) in [6, 6.07) is 13.3. The lowest BCUT2D eigenvalue weighted by atomic mass is 9.91. The smallest absolute Gasteiger partial charge is 0.272 e.